The molecule has 1 N–H and O–H groups in total. The molecule has 9 heteroatoms. The monoisotopic (exact) mass is 438 g/mol. The summed E-state index contributed by atoms with van der Waals surface area (Å²) in [4.78, 5) is 25.6. The number of amides is 2. The van der Waals surface area contributed by atoms with Crippen LogP contribution in [0.15, 0.2) is 52.3 Å². The van der Waals surface area contributed by atoms with E-state index < -0.39 is 22.0 Å². The molecule has 0 unspecified atom stereocenters. The second kappa shape index (κ2) is 8.14. The van der Waals surface area contributed by atoms with Gasteiger partial charge in [0.1, 0.15) is 4.90 Å². The quantitative estimate of drug-likeness (QED) is 0.552. The zero-order chi connectivity index (χ0) is 20.5. The second-order valence-electron chi connectivity index (χ2n) is 6.47. The highest BCUT2D eigenvalue weighted by Crippen LogP contribution is 2.32. The third-order valence-electron chi connectivity index (χ3n) is 4.15. The Hall–Kier alpha value is -2.03. The molecule has 6 nitrogen and oxygen atoms in total. The van der Waals surface area contributed by atoms with Crippen molar-refractivity contribution in [3.8, 4) is 0 Å². The SMILES string of the molecule is CC(C)N1C(=O)c2ccc(C(=O)NCCSc3ccc(Cl)cc3)cc2S1(=O)=O. The average Bonchev–Trinajstić information content (AvgIpc) is 2.85. The normalized spacial score (nSPS) is 15.0. The molecule has 2 aromatic rings. The summed E-state index contributed by atoms with van der Waals surface area (Å²) >= 11 is 7.41. The molecule has 0 fully saturated rings. The van der Waals surface area contributed by atoms with Gasteiger partial charge in [0, 0.05) is 33.8 Å². The number of thioether (sulfide) groups is 1. The third-order valence-corrected chi connectivity index (χ3v) is 7.41. The number of carbonyl (C=O) groups excluding carboxylic acids is 2. The van der Waals surface area contributed by atoms with Crippen molar-refractivity contribution in [2.24, 2.45) is 0 Å². The first-order valence-corrected chi connectivity index (χ1v) is 11.4. The lowest BCUT2D eigenvalue weighted by Gasteiger charge is -2.18. The van der Waals surface area contributed by atoms with Crippen molar-refractivity contribution in [1.82, 2.24) is 9.62 Å². The number of fused-ring (bicyclic) bond motifs is 1. The number of sulfonamides is 1. The Labute approximate surface area is 173 Å². The highest BCUT2D eigenvalue weighted by Gasteiger charge is 2.42. The molecule has 0 aliphatic carbocycles. The molecule has 0 saturated carbocycles. The molecule has 0 spiro atoms. The summed E-state index contributed by atoms with van der Waals surface area (Å²) < 4.78 is 26.1. The van der Waals surface area contributed by atoms with Gasteiger partial charge in [-0.1, -0.05) is 11.6 Å². The predicted molar refractivity (Wildman–Crippen MR) is 109 cm³/mol. The maximum Gasteiger partial charge on any atom is 0.269 e. The van der Waals surface area contributed by atoms with E-state index >= 15 is 0 Å². The first-order chi connectivity index (χ1) is 13.2. The summed E-state index contributed by atoms with van der Waals surface area (Å²) in [5, 5.41) is 3.43. The average molecular weight is 439 g/mol. The van der Waals surface area contributed by atoms with Crippen molar-refractivity contribution in [1.29, 1.82) is 0 Å². The van der Waals surface area contributed by atoms with E-state index in [1.54, 1.807) is 37.7 Å². The number of halogens is 1. The molecular weight excluding hydrogens is 420 g/mol. The van der Waals surface area contributed by atoms with Gasteiger partial charge in [-0.15, -0.1) is 11.8 Å². The van der Waals surface area contributed by atoms with Gasteiger partial charge in [0.2, 0.25) is 0 Å². The van der Waals surface area contributed by atoms with Gasteiger partial charge in [0.25, 0.3) is 21.8 Å². The molecule has 148 valence electrons. The van der Waals surface area contributed by atoms with Crippen LogP contribution in [0, 0.1) is 0 Å². The third kappa shape index (κ3) is 4.04. The minimum Gasteiger partial charge on any atom is -0.351 e. The number of hydrogen-bond donors (Lipinski definition) is 1. The van der Waals surface area contributed by atoms with Crippen LogP contribution in [0.2, 0.25) is 5.02 Å². The number of nitrogens with zero attached hydrogens (tertiary/aromatic N) is 1. The summed E-state index contributed by atoms with van der Waals surface area (Å²) in [6.07, 6.45) is 0. The number of carbonyl (C=O) groups is 2. The Bertz CT molecular complexity index is 1020. The fourth-order valence-electron chi connectivity index (χ4n) is 2.87. The largest absolute Gasteiger partial charge is 0.351 e. The molecule has 0 atom stereocenters. The minimum atomic E-state index is -3.93. The Balaban J connectivity index is 1.65. The maximum absolute atomic E-state index is 12.6. The molecule has 2 aromatic carbocycles. The van der Waals surface area contributed by atoms with Crippen LogP contribution in [0.4, 0.5) is 0 Å². The summed E-state index contributed by atoms with van der Waals surface area (Å²) in [7, 11) is -3.93. The smallest absolute Gasteiger partial charge is 0.269 e. The second-order valence-corrected chi connectivity index (χ2v) is 9.86. The predicted octanol–water partition coefficient (Wildman–Crippen LogP) is 3.42. The van der Waals surface area contributed by atoms with Crippen molar-refractivity contribution in [3.05, 3.63) is 58.6 Å². The van der Waals surface area contributed by atoms with E-state index in [9.17, 15) is 18.0 Å². The van der Waals surface area contributed by atoms with E-state index in [0.29, 0.717) is 17.3 Å². The van der Waals surface area contributed by atoms with Gasteiger partial charge >= 0.3 is 0 Å². The molecule has 0 bridgehead atoms. The van der Waals surface area contributed by atoms with E-state index in [2.05, 4.69) is 5.32 Å². The lowest BCUT2D eigenvalue weighted by atomic mass is 10.1. The number of hydrogen-bond acceptors (Lipinski definition) is 5. The first kappa shape index (κ1) is 20.7. The topological polar surface area (TPSA) is 83.6 Å². The van der Waals surface area contributed by atoms with Crippen molar-refractivity contribution in [2.45, 2.75) is 29.7 Å². The highest BCUT2D eigenvalue weighted by atomic mass is 35.5. The van der Waals surface area contributed by atoms with Gasteiger partial charge in [-0.05, 0) is 56.3 Å². The van der Waals surface area contributed by atoms with Crippen LogP contribution >= 0.6 is 23.4 Å². The first-order valence-electron chi connectivity index (χ1n) is 8.61. The van der Waals surface area contributed by atoms with E-state index in [-0.39, 0.29) is 21.9 Å². The number of benzene rings is 2. The van der Waals surface area contributed by atoms with E-state index in [4.69, 9.17) is 11.6 Å². The Morgan fingerprint density at radius 3 is 2.50 bits per heavy atom. The fourth-order valence-corrected chi connectivity index (χ4v) is 5.55. The molecule has 1 heterocycles. The van der Waals surface area contributed by atoms with Gasteiger partial charge in [0.15, 0.2) is 0 Å². The molecule has 1 aliphatic rings. The summed E-state index contributed by atoms with van der Waals surface area (Å²) in [6, 6.07) is 11.0. The van der Waals surface area contributed by atoms with Gasteiger partial charge in [0.05, 0.1) is 5.56 Å². The van der Waals surface area contributed by atoms with E-state index in [1.807, 2.05) is 12.1 Å². The van der Waals surface area contributed by atoms with Gasteiger partial charge < -0.3 is 5.32 Å². The Morgan fingerprint density at radius 2 is 1.86 bits per heavy atom. The molecule has 1 aliphatic heterocycles. The highest BCUT2D eigenvalue weighted by molar-refractivity contribution is 7.99. The van der Waals surface area contributed by atoms with Crippen molar-refractivity contribution in [2.75, 3.05) is 12.3 Å². The summed E-state index contributed by atoms with van der Waals surface area (Å²) in [5.41, 5.74) is 0.306. The summed E-state index contributed by atoms with van der Waals surface area (Å²) in [6.45, 7) is 3.67. The van der Waals surface area contributed by atoms with Crippen LogP contribution in [-0.4, -0.2) is 42.9 Å². The maximum atomic E-state index is 12.6. The van der Waals surface area contributed by atoms with Crippen LogP contribution in [0.3, 0.4) is 0 Å². The molecule has 0 aromatic heterocycles. The van der Waals surface area contributed by atoms with Crippen molar-refractivity contribution >= 4 is 45.2 Å². The van der Waals surface area contributed by atoms with E-state index in [0.717, 1.165) is 9.20 Å². The molecule has 3 rings (SSSR count). The Kier molecular flexibility index (Phi) is 6.02. The van der Waals surface area contributed by atoms with Crippen LogP contribution in [0.25, 0.3) is 0 Å². The zero-order valence-corrected chi connectivity index (χ0v) is 17.7. The molecule has 28 heavy (non-hydrogen) atoms. The number of nitrogens with one attached hydrogen (secondary N) is 1. The lowest BCUT2D eigenvalue weighted by molar-refractivity contribution is 0.0845. The summed E-state index contributed by atoms with van der Waals surface area (Å²) in [5.74, 6) is -0.294. The fraction of sp³-hybridized carbons (Fsp3) is 0.263. The van der Waals surface area contributed by atoms with Gasteiger partial charge in [-0.3, -0.25) is 9.59 Å². The lowest BCUT2D eigenvalue weighted by Crippen LogP contribution is -2.36. The Morgan fingerprint density at radius 1 is 1.18 bits per heavy atom. The molecule has 2 amide bonds. The van der Waals surface area contributed by atoms with Crippen molar-refractivity contribution < 1.29 is 18.0 Å². The molecule has 0 saturated heterocycles. The zero-order valence-electron chi connectivity index (χ0n) is 15.3. The number of rotatable bonds is 6. The van der Waals surface area contributed by atoms with Crippen molar-refractivity contribution in [3.63, 3.8) is 0 Å². The van der Waals surface area contributed by atoms with Crippen LogP contribution in [-0.2, 0) is 10.0 Å². The van der Waals surface area contributed by atoms with Gasteiger partial charge in [-0.2, -0.15) is 0 Å². The van der Waals surface area contributed by atoms with Crippen LogP contribution in [0.1, 0.15) is 34.6 Å². The van der Waals surface area contributed by atoms with E-state index in [1.165, 1.54) is 18.2 Å². The standard InChI is InChI=1S/C19H19ClN2O4S2/c1-12(2)22-19(24)16-8-3-13(11-17(16)28(22,25)26)18(23)21-9-10-27-15-6-4-14(20)5-7-15/h3-8,11-12H,9-10H2,1-2H3,(H,21,23). The minimum absolute atomic E-state index is 0.101. The molecule has 0 radical (unpaired) electrons. The van der Waals surface area contributed by atoms with Crippen LogP contribution in [0.5, 0.6) is 0 Å². The van der Waals surface area contributed by atoms with Crippen LogP contribution < -0.4 is 5.32 Å². The van der Waals surface area contributed by atoms with Gasteiger partial charge in [-0.25, -0.2) is 12.7 Å². The molecular formula is C19H19ClN2O4S2.